The van der Waals surface area contributed by atoms with E-state index < -0.39 is 33.1 Å². The van der Waals surface area contributed by atoms with Crippen molar-refractivity contribution in [2.45, 2.75) is 56.4 Å². The summed E-state index contributed by atoms with van der Waals surface area (Å²) in [6, 6.07) is 9.07. The predicted molar refractivity (Wildman–Crippen MR) is 111 cm³/mol. The maximum absolute atomic E-state index is 14.3. The van der Waals surface area contributed by atoms with E-state index in [1.165, 1.54) is 18.2 Å². The molecular formula is C23H27FO5S. The summed E-state index contributed by atoms with van der Waals surface area (Å²) >= 11 is 0. The normalized spacial score (nSPS) is 26.8. The molecular weight excluding hydrogens is 407 g/mol. The zero-order valence-corrected chi connectivity index (χ0v) is 18.0. The molecule has 7 heteroatoms. The maximum atomic E-state index is 14.3. The van der Waals surface area contributed by atoms with Crippen molar-refractivity contribution in [3.05, 3.63) is 53.3 Å². The molecule has 162 valence electrons. The van der Waals surface area contributed by atoms with Crippen LogP contribution in [0.25, 0.3) is 0 Å². The Bertz CT molecular complexity index is 1050. The van der Waals surface area contributed by atoms with E-state index in [4.69, 9.17) is 9.47 Å². The lowest BCUT2D eigenvalue weighted by Gasteiger charge is -2.39. The molecule has 0 aromatic heterocycles. The van der Waals surface area contributed by atoms with Crippen molar-refractivity contribution < 1.29 is 27.4 Å². The zero-order valence-electron chi connectivity index (χ0n) is 17.2. The standard InChI is InChI=1S/C23H27FO5S/c1-3-5-10-23(4-2)13-30(26,27)20-9-7-16(24)12-17(20)21(22(23)25)15-6-8-18-19(11-15)29-14-28-18/h6-9,11-12,21-22,25H,3-5,10,13-14H2,1-2H3/t21-,22?,23?/m1/s1. The van der Waals surface area contributed by atoms with Crippen LogP contribution in [0.15, 0.2) is 41.3 Å². The summed E-state index contributed by atoms with van der Waals surface area (Å²) in [5.74, 6) is -0.238. The molecule has 0 saturated carbocycles. The third kappa shape index (κ3) is 3.48. The number of sulfone groups is 1. The minimum atomic E-state index is -3.71. The van der Waals surface area contributed by atoms with Gasteiger partial charge in [0.1, 0.15) is 5.82 Å². The van der Waals surface area contributed by atoms with Crippen LogP contribution in [0.1, 0.15) is 56.6 Å². The molecule has 0 spiro atoms. The van der Waals surface area contributed by atoms with Gasteiger partial charge >= 0.3 is 0 Å². The highest BCUT2D eigenvalue weighted by Gasteiger charge is 2.49. The number of aliphatic hydroxyl groups excluding tert-OH is 1. The molecule has 0 aliphatic carbocycles. The second-order valence-corrected chi connectivity index (χ2v) is 10.3. The van der Waals surface area contributed by atoms with Gasteiger partial charge in [-0.15, -0.1) is 0 Å². The number of rotatable bonds is 5. The first-order chi connectivity index (χ1) is 14.3. The average Bonchev–Trinajstić information content (AvgIpc) is 3.16. The highest BCUT2D eigenvalue weighted by molar-refractivity contribution is 7.91. The molecule has 0 fully saturated rings. The lowest BCUT2D eigenvalue weighted by molar-refractivity contribution is 0.0173. The van der Waals surface area contributed by atoms with Gasteiger partial charge in [0.25, 0.3) is 0 Å². The molecule has 0 bridgehead atoms. The molecule has 2 aliphatic heterocycles. The van der Waals surface area contributed by atoms with Gasteiger partial charge in [0.15, 0.2) is 21.3 Å². The van der Waals surface area contributed by atoms with E-state index in [0.29, 0.717) is 35.5 Å². The van der Waals surface area contributed by atoms with Gasteiger partial charge in [-0.05, 0) is 54.3 Å². The first-order valence-corrected chi connectivity index (χ1v) is 12.1. The van der Waals surface area contributed by atoms with Gasteiger partial charge in [-0.3, -0.25) is 0 Å². The summed E-state index contributed by atoms with van der Waals surface area (Å²) in [6.07, 6.45) is 1.79. The van der Waals surface area contributed by atoms with Crippen molar-refractivity contribution in [1.29, 1.82) is 0 Å². The molecule has 2 heterocycles. The SMILES string of the molecule is CCCCC1(CC)CS(=O)(=O)c2ccc(F)cc2[C@@H](c2ccc3c(c2)OCO3)C1O. The third-order valence-corrected chi connectivity index (χ3v) is 8.55. The summed E-state index contributed by atoms with van der Waals surface area (Å²) in [5, 5.41) is 11.7. The van der Waals surface area contributed by atoms with Crippen LogP contribution < -0.4 is 9.47 Å². The highest BCUT2D eigenvalue weighted by atomic mass is 32.2. The summed E-state index contributed by atoms with van der Waals surface area (Å²) in [5.41, 5.74) is 0.156. The van der Waals surface area contributed by atoms with Gasteiger partial charge < -0.3 is 14.6 Å². The van der Waals surface area contributed by atoms with Gasteiger partial charge in [-0.2, -0.15) is 0 Å². The molecule has 30 heavy (non-hydrogen) atoms. The van der Waals surface area contributed by atoms with Gasteiger partial charge in [0.2, 0.25) is 6.79 Å². The van der Waals surface area contributed by atoms with Crippen molar-refractivity contribution in [3.63, 3.8) is 0 Å². The molecule has 4 rings (SSSR count). The summed E-state index contributed by atoms with van der Waals surface area (Å²) < 4.78 is 51.9. The monoisotopic (exact) mass is 434 g/mol. The molecule has 2 unspecified atom stereocenters. The Balaban J connectivity index is 1.95. The molecule has 5 nitrogen and oxygen atoms in total. The molecule has 3 atom stereocenters. The Morgan fingerprint density at radius 3 is 2.63 bits per heavy atom. The first-order valence-electron chi connectivity index (χ1n) is 10.4. The van der Waals surface area contributed by atoms with E-state index in [9.17, 15) is 17.9 Å². The fourth-order valence-corrected chi connectivity index (χ4v) is 7.07. The van der Waals surface area contributed by atoms with E-state index in [-0.39, 0.29) is 17.4 Å². The molecule has 1 N–H and O–H groups in total. The van der Waals surface area contributed by atoms with Crippen LogP contribution in [0.2, 0.25) is 0 Å². The number of aliphatic hydroxyl groups is 1. The van der Waals surface area contributed by atoms with Crippen molar-refractivity contribution >= 4 is 9.84 Å². The van der Waals surface area contributed by atoms with E-state index in [0.717, 1.165) is 12.8 Å². The Labute approximate surface area is 176 Å². The zero-order chi connectivity index (χ0) is 21.5. The molecule has 0 radical (unpaired) electrons. The Morgan fingerprint density at radius 1 is 1.13 bits per heavy atom. The van der Waals surface area contributed by atoms with Crippen LogP contribution in [0, 0.1) is 11.2 Å². The number of ether oxygens (including phenoxy) is 2. The summed E-state index contributed by atoms with van der Waals surface area (Å²) in [4.78, 5) is 0.0949. The Morgan fingerprint density at radius 2 is 1.90 bits per heavy atom. The lowest BCUT2D eigenvalue weighted by Crippen LogP contribution is -2.42. The average molecular weight is 435 g/mol. The van der Waals surface area contributed by atoms with Crippen LogP contribution in [-0.2, 0) is 9.84 Å². The van der Waals surface area contributed by atoms with Gasteiger partial charge in [-0.25, -0.2) is 12.8 Å². The van der Waals surface area contributed by atoms with E-state index in [1.807, 2.05) is 13.8 Å². The van der Waals surface area contributed by atoms with Crippen molar-refractivity contribution in [3.8, 4) is 11.5 Å². The van der Waals surface area contributed by atoms with Crippen LogP contribution in [0.5, 0.6) is 11.5 Å². The molecule has 0 saturated heterocycles. The first kappa shape index (κ1) is 21.1. The second-order valence-electron chi connectivity index (χ2n) is 8.30. The van der Waals surface area contributed by atoms with Crippen LogP contribution in [0.3, 0.4) is 0 Å². The smallest absolute Gasteiger partial charge is 0.231 e. The van der Waals surface area contributed by atoms with Gasteiger partial charge in [-0.1, -0.05) is 32.8 Å². The van der Waals surface area contributed by atoms with Crippen LogP contribution in [0.4, 0.5) is 4.39 Å². The van der Waals surface area contributed by atoms with Gasteiger partial charge in [0.05, 0.1) is 16.8 Å². The summed E-state index contributed by atoms with van der Waals surface area (Å²) in [7, 11) is -3.71. The number of benzene rings is 2. The van der Waals surface area contributed by atoms with Crippen molar-refractivity contribution in [2.75, 3.05) is 12.5 Å². The number of unbranched alkanes of at least 4 members (excludes halogenated alkanes) is 1. The van der Waals surface area contributed by atoms with Crippen LogP contribution in [-0.4, -0.2) is 32.2 Å². The topological polar surface area (TPSA) is 72.8 Å². The lowest BCUT2D eigenvalue weighted by atomic mass is 9.69. The number of fused-ring (bicyclic) bond motifs is 2. The van der Waals surface area contributed by atoms with Crippen LogP contribution >= 0.6 is 0 Å². The predicted octanol–water partition coefficient (Wildman–Crippen LogP) is 4.42. The fraction of sp³-hybridized carbons (Fsp3) is 0.478. The van der Waals surface area contributed by atoms with Crippen molar-refractivity contribution in [2.24, 2.45) is 5.41 Å². The molecule has 2 aromatic rings. The highest BCUT2D eigenvalue weighted by Crippen LogP contribution is 2.50. The van der Waals surface area contributed by atoms with Crippen molar-refractivity contribution in [1.82, 2.24) is 0 Å². The van der Waals surface area contributed by atoms with Gasteiger partial charge in [0, 0.05) is 11.3 Å². The number of hydrogen-bond donors (Lipinski definition) is 1. The summed E-state index contributed by atoms with van der Waals surface area (Å²) in [6.45, 7) is 4.07. The fourth-order valence-electron chi connectivity index (χ4n) is 4.82. The minimum absolute atomic E-state index is 0.0949. The van der Waals surface area contributed by atoms with E-state index in [2.05, 4.69) is 0 Å². The Hall–Kier alpha value is -2.12. The largest absolute Gasteiger partial charge is 0.454 e. The van der Waals surface area contributed by atoms with E-state index >= 15 is 0 Å². The number of hydrogen-bond acceptors (Lipinski definition) is 5. The minimum Gasteiger partial charge on any atom is -0.454 e. The van der Waals surface area contributed by atoms with E-state index in [1.54, 1.807) is 18.2 Å². The number of halogens is 1. The Kier molecular flexibility index (Phi) is 5.53. The molecule has 0 amide bonds. The molecule has 2 aliphatic rings. The maximum Gasteiger partial charge on any atom is 0.231 e. The quantitative estimate of drug-likeness (QED) is 0.705. The third-order valence-electron chi connectivity index (χ3n) is 6.55. The second kappa shape index (κ2) is 7.85. The molecule has 2 aromatic carbocycles.